The normalized spacial score (nSPS) is 10.2. The van der Waals surface area contributed by atoms with Crippen molar-refractivity contribution in [1.82, 2.24) is 0 Å². The fraction of sp³-hybridized carbons (Fsp3) is 0.235. The molecule has 0 saturated heterocycles. The van der Waals surface area contributed by atoms with Crippen molar-refractivity contribution in [1.29, 1.82) is 0 Å². The summed E-state index contributed by atoms with van der Waals surface area (Å²) in [5, 5.41) is 2.79. The van der Waals surface area contributed by atoms with Gasteiger partial charge in [0.2, 0.25) is 0 Å². The first-order chi connectivity index (χ1) is 9.58. The Hall–Kier alpha value is -2.29. The van der Waals surface area contributed by atoms with Crippen LogP contribution >= 0.6 is 0 Å². The van der Waals surface area contributed by atoms with Crippen molar-refractivity contribution in [3.8, 4) is 0 Å². The molecule has 0 heterocycles. The Balaban J connectivity index is 1.97. The minimum atomic E-state index is -0.430. The smallest absolute Gasteiger partial charge is 0.411 e. The Morgan fingerprint density at radius 3 is 2.40 bits per heavy atom. The van der Waals surface area contributed by atoms with Gasteiger partial charge in [-0.3, -0.25) is 5.32 Å². The van der Waals surface area contributed by atoms with Crippen LogP contribution in [-0.2, 0) is 11.3 Å². The number of rotatable bonds is 3. The van der Waals surface area contributed by atoms with Crippen molar-refractivity contribution in [3.05, 3.63) is 64.7 Å². The molecule has 0 aliphatic carbocycles. The van der Waals surface area contributed by atoms with Gasteiger partial charge < -0.3 is 4.74 Å². The van der Waals surface area contributed by atoms with E-state index in [1.807, 2.05) is 56.3 Å². The van der Waals surface area contributed by atoms with Gasteiger partial charge in [0, 0.05) is 5.69 Å². The fourth-order valence-electron chi connectivity index (χ4n) is 1.96. The van der Waals surface area contributed by atoms with Gasteiger partial charge in [0.1, 0.15) is 6.61 Å². The van der Waals surface area contributed by atoms with Crippen LogP contribution in [0.3, 0.4) is 0 Å². The molecule has 0 radical (unpaired) electrons. The van der Waals surface area contributed by atoms with E-state index in [-0.39, 0.29) is 6.61 Å². The average molecular weight is 269 g/mol. The largest absolute Gasteiger partial charge is 0.444 e. The van der Waals surface area contributed by atoms with Gasteiger partial charge in [-0.2, -0.15) is 0 Å². The zero-order chi connectivity index (χ0) is 14.5. The Morgan fingerprint density at radius 1 is 1.00 bits per heavy atom. The molecule has 0 aliphatic heterocycles. The molecule has 1 amide bonds. The second kappa shape index (κ2) is 6.24. The molecule has 0 fully saturated rings. The van der Waals surface area contributed by atoms with Crippen LogP contribution in [0.1, 0.15) is 22.3 Å². The zero-order valence-corrected chi connectivity index (χ0v) is 12.1. The first-order valence-electron chi connectivity index (χ1n) is 6.62. The summed E-state index contributed by atoms with van der Waals surface area (Å²) in [6, 6.07) is 13.5. The lowest BCUT2D eigenvalue weighted by molar-refractivity contribution is 0.155. The molecule has 0 aromatic heterocycles. The molecule has 2 aromatic carbocycles. The van der Waals surface area contributed by atoms with Crippen LogP contribution in [0, 0.1) is 20.8 Å². The molecule has 0 unspecified atom stereocenters. The summed E-state index contributed by atoms with van der Waals surface area (Å²) in [6.07, 6.45) is -0.430. The van der Waals surface area contributed by atoms with Crippen LogP contribution in [0.2, 0.25) is 0 Å². The molecule has 2 aromatic rings. The summed E-state index contributed by atoms with van der Waals surface area (Å²) in [5.41, 5.74) is 5.24. The third-order valence-corrected chi connectivity index (χ3v) is 3.51. The highest BCUT2D eigenvalue weighted by atomic mass is 16.5. The van der Waals surface area contributed by atoms with Gasteiger partial charge in [0.05, 0.1) is 0 Å². The van der Waals surface area contributed by atoms with Crippen molar-refractivity contribution < 1.29 is 9.53 Å². The molecule has 0 bridgehead atoms. The molecule has 0 spiro atoms. The predicted molar refractivity (Wildman–Crippen MR) is 80.9 cm³/mol. The van der Waals surface area contributed by atoms with Gasteiger partial charge in [0.15, 0.2) is 0 Å². The molecular formula is C17H19NO2. The highest BCUT2D eigenvalue weighted by molar-refractivity contribution is 5.86. The van der Waals surface area contributed by atoms with Crippen molar-refractivity contribution in [2.75, 3.05) is 5.32 Å². The summed E-state index contributed by atoms with van der Waals surface area (Å²) >= 11 is 0. The van der Waals surface area contributed by atoms with Crippen LogP contribution in [-0.4, -0.2) is 6.09 Å². The molecule has 2 rings (SSSR count). The van der Waals surface area contributed by atoms with Crippen molar-refractivity contribution in [3.63, 3.8) is 0 Å². The van der Waals surface area contributed by atoms with Crippen LogP contribution in [0.5, 0.6) is 0 Å². The van der Waals surface area contributed by atoms with E-state index in [0.717, 1.165) is 16.8 Å². The van der Waals surface area contributed by atoms with Gasteiger partial charge in [-0.05, 0) is 49.1 Å². The van der Waals surface area contributed by atoms with Gasteiger partial charge in [0.25, 0.3) is 0 Å². The first kappa shape index (κ1) is 14.1. The molecule has 0 saturated carbocycles. The topological polar surface area (TPSA) is 38.3 Å². The average Bonchev–Trinajstić information content (AvgIpc) is 2.47. The third kappa shape index (κ3) is 3.38. The van der Waals surface area contributed by atoms with Crippen molar-refractivity contribution >= 4 is 11.8 Å². The number of anilines is 1. The highest BCUT2D eigenvalue weighted by Gasteiger charge is 2.08. The SMILES string of the molecule is Cc1ccc(NC(=O)OCc2ccccc2)c(C)c1C. The highest BCUT2D eigenvalue weighted by Crippen LogP contribution is 2.21. The summed E-state index contributed by atoms with van der Waals surface area (Å²) < 4.78 is 5.21. The lowest BCUT2D eigenvalue weighted by Crippen LogP contribution is -2.14. The Morgan fingerprint density at radius 2 is 1.70 bits per heavy atom. The van der Waals surface area contributed by atoms with Crippen LogP contribution in [0.15, 0.2) is 42.5 Å². The van der Waals surface area contributed by atoms with Crippen LogP contribution < -0.4 is 5.32 Å². The molecule has 0 aliphatic rings. The number of carbonyl (C=O) groups excluding carboxylic acids is 1. The second-order valence-electron chi connectivity index (χ2n) is 4.87. The molecule has 1 N–H and O–H groups in total. The van der Waals surface area contributed by atoms with Gasteiger partial charge in [-0.25, -0.2) is 4.79 Å². The number of ether oxygens (including phenoxy) is 1. The van der Waals surface area contributed by atoms with Crippen LogP contribution in [0.25, 0.3) is 0 Å². The zero-order valence-electron chi connectivity index (χ0n) is 12.1. The molecule has 20 heavy (non-hydrogen) atoms. The number of hydrogen-bond acceptors (Lipinski definition) is 2. The van der Waals surface area contributed by atoms with Gasteiger partial charge in [-0.15, -0.1) is 0 Å². The Labute approximate surface area is 119 Å². The van der Waals surface area contributed by atoms with E-state index < -0.39 is 6.09 Å². The minimum Gasteiger partial charge on any atom is -0.444 e. The number of nitrogens with one attached hydrogen (secondary N) is 1. The monoisotopic (exact) mass is 269 g/mol. The molecule has 0 atom stereocenters. The second-order valence-corrected chi connectivity index (χ2v) is 4.87. The lowest BCUT2D eigenvalue weighted by Gasteiger charge is -2.12. The lowest BCUT2D eigenvalue weighted by atomic mass is 10.0. The van der Waals surface area contributed by atoms with E-state index in [2.05, 4.69) is 12.2 Å². The Bertz CT molecular complexity index is 606. The number of benzene rings is 2. The maximum absolute atomic E-state index is 11.8. The van der Waals surface area contributed by atoms with Crippen LogP contribution in [0.4, 0.5) is 10.5 Å². The van der Waals surface area contributed by atoms with E-state index in [0.29, 0.717) is 0 Å². The van der Waals surface area contributed by atoms with E-state index in [1.165, 1.54) is 11.1 Å². The van der Waals surface area contributed by atoms with Gasteiger partial charge in [-0.1, -0.05) is 36.4 Å². The quantitative estimate of drug-likeness (QED) is 0.899. The number of hydrogen-bond donors (Lipinski definition) is 1. The number of carbonyl (C=O) groups is 1. The molecule has 3 heteroatoms. The number of aryl methyl sites for hydroxylation is 1. The fourth-order valence-corrected chi connectivity index (χ4v) is 1.96. The first-order valence-corrected chi connectivity index (χ1v) is 6.62. The number of amides is 1. The third-order valence-electron chi connectivity index (χ3n) is 3.51. The van der Waals surface area contributed by atoms with Crippen molar-refractivity contribution in [2.45, 2.75) is 27.4 Å². The van der Waals surface area contributed by atoms with E-state index in [9.17, 15) is 4.79 Å². The van der Waals surface area contributed by atoms with E-state index >= 15 is 0 Å². The molecule has 104 valence electrons. The van der Waals surface area contributed by atoms with Gasteiger partial charge >= 0.3 is 6.09 Å². The molecule has 3 nitrogen and oxygen atoms in total. The minimum absolute atomic E-state index is 0.274. The summed E-state index contributed by atoms with van der Waals surface area (Å²) in [5.74, 6) is 0. The maximum atomic E-state index is 11.8. The standard InChI is InChI=1S/C17H19NO2/c1-12-9-10-16(14(3)13(12)2)18-17(19)20-11-15-7-5-4-6-8-15/h4-10H,11H2,1-3H3,(H,18,19). The Kier molecular flexibility index (Phi) is 4.41. The summed E-state index contributed by atoms with van der Waals surface area (Å²) in [6.45, 7) is 6.37. The summed E-state index contributed by atoms with van der Waals surface area (Å²) in [7, 11) is 0. The molecular weight excluding hydrogens is 250 g/mol. The van der Waals surface area contributed by atoms with Crippen molar-refractivity contribution in [2.24, 2.45) is 0 Å². The predicted octanol–water partition coefficient (Wildman–Crippen LogP) is 4.36. The maximum Gasteiger partial charge on any atom is 0.411 e. The summed E-state index contributed by atoms with van der Waals surface area (Å²) in [4.78, 5) is 11.8. The van der Waals surface area contributed by atoms with E-state index in [4.69, 9.17) is 4.74 Å². The van der Waals surface area contributed by atoms with E-state index in [1.54, 1.807) is 0 Å².